The molecule has 0 N–H and O–H groups in total. The number of nitrogens with zero attached hydrogens (tertiary/aromatic N) is 10. The van der Waals surface area contributed by atoms with Crippen LogP contribution >= 0.6 is 0 Å². The standard InChI is InChI=1S/2C16H7F6N3.2C10H9FN2.2Ir/c2*17-15(18,19)10-6-4-9(5-7-10)11-2-1-3-12(23-11)13-8-14(25-24-13)16(20,21)22;2*1-12-6-7-13(8-12)10-4-2-9(11)3-5-10;;/h2*1-4,6-8H;2*2-4,6-8H,1H3;;/q4*-2;;. The number of aromatic nitrogens is 6. The van der Waals surface area contributed by atoms with Crippen molar-refractivity contribution in [2.75, 3.05) is 23.9 Å². The molecule has 26 heteroatoms. The molecule has 6 heterocycles. The summed E-state index contributed by atoms with van der Waals surface area (Å²) in [5.41, 5.74) is -1.21. The average Bonchev–Trinajstić information content (AvgIpc) is 4.24. The van der Waals surface area contributed by atoms with E-state index in [0.29, 0.717) is 0 Å². The van der Waals surface area contributed by atoms with Gasteiger partial charge in [-0.3, -0.25) is 18.7 Å². The van der Waals surface area contributed by atoms with Gasteiger partial charge in [0.05, 0.1) is 0 Å². The van der Waals surface area contributed by atoms with Gasteiger partial charge in [-0.05, 0) is 85.7 Å². The molecule has 2 aliphatic heterocycles. The molecule has 10 nitrogen and oxygen atoms in total. The second-order valence-corrected chi connectivity index (χ2v) is 15.8. The van der Waals surface area contributed by atoms with Crippen molar-refractivity contribution in [3.63, 3.8) is 0 Å². The van der Waals surface area contributed by atoms with Crippen LogP contribution in [0.2, 0.25) is 0 Å². The van der Waals surface area contributed by atoms with Crippen LogP contribution in [0.5, 0.6) is 0 Å². The maximum Gasteiger partial charge on any atom is 0.431 e. The van der Waals surface area contributed by atoms with Gasteiger partial charge in [-0.15, -0.1) is 107 Å². The number of halogens is 14. The molecule has 414 valence electrons. The number of rotatable bonds is 6. The maximum absolute atomic E-state index is 12.6. The summed E-state index contributed by atoms with van der Waals surface area (Å²) in [6.07, 6.45) is -10.6. The van der Waals surface area contributed by atoms with Crippen LogP contribution in [0.15, 0.2) is 146 Å². The average molecular weight is 1450 g/mol. The van der Waals surface area contributed by atoms with Crippen LogP contribution in [-0.2, 0) is 64.9 Å². The molecule has 2 aliphatic rings. The summed E-state index contributed by atoms with van der Waals surface area (Å²) in [6, 6.07) is 35.6. The van der Waals surface area contributed by atoms with Gasteiger partial charge >= 0.3 is 24.7 Å². The molecule has 0 amide bonds. The third-order valence-electron chi connectivity index (χ3n) is 10.1. The van der Waals surface area contributed by atoms with E-state index in [4.69, 9.17) is 0 Å². The van der Waals surface area contributed by atoms with Crippen LogP contribution in [-0.4, -0.2) is 44.1 Å². The summed E-state index contributed by atoms with van der Waals surface area (Å²) in [5.74, 6) is -0.527. The number of pyridine rings is 2. The normalized spacial score (nSPS) is 13.1. The number of hydrogen-bond donors (Lipinski definition) is 0. The summed E-state index contributed by atoms with van der Waals surface area (Å²) < 4.78 is 176. The molecule has 0 fully saturated rings. The Morgan fingerprint density at radius 1 is 0.436 bits per heavy atom. The fourth-order valence-electron chi connectivity index (χ4n) is 6.39. The van der Waals surface area contributed by atoms with Crippen molar-refractivity contribution in [3.8, 4) is 45.3 Å². The van der Waals surface area contributed by atoms with Gasteiger partial charge in [0, 0.05) is 63.2 Å². The monoisotopic (exact) mass is 1450 g/mol. The third kappa shape index (κ3) is 16.8. The fraction of sp³-hybridized carbons (Fsp3) is 0.115. The molecule has 78 heavy (non-hydrogen) atoms. The van der Waals surface area contributed by atoms with E-state index < -0.39 is 47.2 Å². The van der Waals surface area contributed by atoms with E-state index in [1.54, 1.807) is 12.1 Å². The topological polar surface area (TPSA) is 92.7 Å². The molecule has 4 aromatic carbocycles. The van der Waals surface area contributed by atoms with Crippen molar-refractivity contribution in [1.82, 2.24) is 40.2 Å². The van der Waals surface area contributed by atoms with Crippen LogP contribution in [0.3, 0.4) is 0 Å². The van der Waals surface area contributed by atoms with Crippen LogP contribution in [0, 0.1) is 49.2 Å². The molecule has 0 bridgehead atoms. The molecule has 8 aromatic rings. The molecule has 0 atom stereocenters. The van der Waals surface area contributed by atoms with Gasteiger partial charge in [0.25, 0.3) is 0 Å². The Kier molecular flexibility index (Phi) is 20.4. The van der Waals surface area contributed by atoms with E-state index in [0.717, 1.165) is 47.8 Å². The summed E-state index contributed by atoms with van der Waals surface area (Å²) in [4.78, 5) is 15.8. The first-order chi connectivity index (χ1) is 35.8. The first kappa shape index (κ1) is 61.5. The molecular weight excluding hydrogens is 1420 g/mol. The van der Waals surface area contributed by atoms with Crippen LogP contribution in [0.1, 0.15) is 22.5 Å². The fourth-order valence-corrected chi connectivity index (χ4v) is 6.39. The molecule has 4 aromatic heterocycles. The summed E-state index contributed by atoms with van der Waals surface area (Å²) >= 11 is 0. The number of alkyl halides is 12. The zero-order chi connectivity index (χ0) is 55.0. The predicted molar refractivity (Wildman–Crippen MR) is 248 cm³/mol. The van der Waals surface area contributed by atoms with E-state index in [9.17, 15) is 61.5 Å². The Labute approximate surface area is 462 Å². The largest absolute Gasteiger partial charge is 0.573 e. The van der Waals surface area contributed by atoms with Crippen LogP contribution < -0.4 is 20.0 Å². The van der Waals surface area contributed by atoms with Crippen LogP contribution in [0.4, 0.5) is 72.8 Å². The molecular formula is C52H32F14Ir2N10-8. The molecule has 0 saturated carbocycles. The van der Waals surface area contributed by atoms with Crippen molar-refractivity contribution < 1.29 is 102 Å². The molecule has 0 saturated heterocycles. The summed E-state index contributed by atoms with van der Waals surface area (Å²) in [5, 5.41) is 13.0. The van der Waals surface area contributed by atoms with E-state index in [1.807, 2.05) is 71.8 Å². The van der Waals surface area contributed by atoms with Gasteiger partial charge in [0.2, 0.25) is 0 Å². The first-order valence-electron chi connectivity index (χ1n) is 21.5. The van der Waals surface area contributed by atoms with Gasteiger partial charge < -0.3 is 40.0 Å². The zero-order valence-corrected chi connectivity index (χ0v) is 44.2. The van der Waals surface area contributed by atoms with E-state index in [-0.39, 0.29) is 97.1 Å². The van der Waals surface area contributed by atoms with E-state index in [2.05, 4.69) is 54.6 Å². The van der Waals surface area contributed by atoms with Crippen molar-refractivity contribution in [3.05, 3.63) is 218 Å². The Morgan fingerprint density at radius 3 is 1.08 bits per heavy atom. The predicted octanol–water partition coefficient (Wildman–Crippen LogP) is 13.1. The number of benzene rings is 4. The minimum atomic E-state index is -4.62. The number of anilines is 2. The van der Waals surface area contributed by atoms with Crippen LogP contribution in [0.25, 0.3) is 45.3 Å². The Balaban J connectivity index is 0.000000198. The van der Waals surface area contributed by atoms with Crippen molar-refractivity contribution in [2.45, 2.75) is 24.7 Å². The molecule has 0 unspecified atom stereocenters. The Hall–Kier alpha value is -7.40. The third-order valence-corrected chi connectivity index (χ3v) is 10.1. The van der Waals surface area contributed by atoms with Crippen molar-refractivity contribution >= 4 is 11.4 Å². The summed E-state index contributed by atoms with van der Waals surface area (Å²) in [6.45, 7) is 3.79. The number of hydrogen-bond acceptors (Lipinski definition) is 8. The van der Waals surface area contributed by atoms with Gasteiger partial charge in [-0.1, -0.05) is 35.7 Å². The Morgan fingerprint density at radius 2 is 0.808 bits per heavy atom. The van der Waals surface area contributed by atoms with Crippen molar-refractivity contribution in [2.24, 2.45) is 0 Å². The molecule has 0 aliphatic carbocycles. The van der Waals surface area contributed by atoms with Gasteiger partial charge in [0.15, 0.2) is 0 Å². The van der Waals surface area contributed by atoms with Crippen molar-refractivity contribution in [1.29, 1.82) is 0 Å². The van der Waals surface area contributed by atoms with E-state index in [1.165, 1.54) is 72.8 Å². The Bertz CT molecular complexity index is 3010. The minimum Gasteiger partial charge on any atom is -0.573 e. The minimum absolute atomic E-state index is 0. The second-order valence-electron chi connectivity index (χ2n) is 15.8. The first-order valence-corrected chi connectivity index (χ1v) is 21.5. The quantitative estimate of drug-likeness (QED) is 0.118. The maximum atomic E-state index is 12.6. The van der Waals surface area contributed by atoms with Gasteiger partial charge in [-0.2, -0.15) is 78.2 Å². The molecule has 2 radical (unpaired) electrons. The summed E-state index contributed by atoms with van der Waals surface area (Å²) in [7, 11) is 3.86. The van der Waals surface area contributed by atoms with E-state index >= 15 is 0 Å². The second kappa shape index (κ2) is 25.8. The van der Waals surface area contributed by atoms with Gasteiger partial charge in [0.1, 0.15) is 11.4 Å². The smallest absolute Gasteiger partial charge is 0.431 e. The molecule has 10 rings (SSSR count). The SMILES string of the molecule is CN1C=CN(c2[c-]cc(F)cc2)[CH-]1.CN1C=CN(c2[c-]cc(F)cc2)[CH-]1.FC(F)(F)c1c[c-]c(-c2cccc(-c3cc(C(F)(F)F)n[n-]3)n2)cc1.FC(F)(F)c1c[c-]c(-c2cccc(-c3cc(C(F)(F)F)n[n-]3)n2)cc1.[Ir].[Ir]. The molecule has 0 spiro atoms. The van der Waals surface area contributed by atoms with Gasteiger partial charge in [-0.25, -0.2) is 0 Å². The zero-order valence-electron chi connectivity index (χ0n) is 39.4.